The number of benzene rings is 1. The van der Waals surface area contributed by atoms with Crippen molar-refractivity contribution in [2.75, 3.05) is 17.2 Å². The number of rotatable bonds is 5. The van der Waals surface area contributed by atoms with E-state index in [1.54, 1.807) is 31.2 Å². The molecule has 0 aromatic heterocycles. The fourth-order valence-corrected chi connectivity index (χ4v) is 1.41. The molecule has 110 valence electrons. The Morgan fingerprint density at radius 2 is 1.65 bits per heavy atom. The smallest absolute Gasteiger partial charge is 0.411 e. The zero-order valence-electron chi connectivity index (χ0n) is 12.0. The van der Waals surface area contributed by atoms with Crippen molar-refractivity contribution < 1.29 is 14.3 Å². The maximum Gasteiger partial charge on any atom is 0.411 e. The Balaban J connectivity index is 2.50. The largest absolute Gasteiger partial charge is 0.450 e. The molecule has 0 fully saturated rings. The third kappa shape index (κ3) is 5.60. The minimum absolute atomic E-state index is 0.125. The second-order valence-corrected chi connectivity index (χ2v) is 4.33. The fraction of sp³-hybridized carbons (Fsp3) is 0.429. The third-order valence-electron chi connectivity index (χ3n) is 2.65. The van der Waals surface area contributed by atoms with Gasteiger partial charge in [0.25, 0.3) is 0 Å². The zero-order valence-corrected chi connectivity index (χ0v) is 12.0. The maximum absolute atomic E-state index is 11.6. The summed E-state index contributed by atoms with van der Waals surface area (Å²) in [5.74, 6) is 0. The third-order valence-corrected chi connectivity index (χ3v) is 2.65. The van der Waals surface area contributed by atoms with Crippen LogP contribution in [0.3, 0.4) is 0 Å². The van der Waals surface area contributed by atoms with Crippen molar-refractivity contribution in [3.63, 3.8) is 0 Å². The quantitative estimate of drug-likeness (QED) is 0.774. The fourth-order valence-electron chi connectivity index (χ4n) is 1.41. The number of urea groups is 1. The highest BCUT2D eigenvalue weighted by Gasteiger charge is 2.06. The van der Waals surface area contributed by atoms with Crippen LogP contribution in [-0.2, 0) is 4.74 Å². The minimum Gasteiger partial charge on any atom is -0.450 e. The molecule has 0 aliphatic carbocycles. The van der Waals surface area contributed by atoms with Gasteiger partial charge in [-0.15, -0.1) is 0 Å². The highest BCUT2D eigenvalue weighted by atomic mass is 16.5. The molecule has 3 N–H and O–H groups in total. The lowest BCUT2D eigenvalue weighted by molar-refractivity contribution is 0.168. The first-order chi connectivity index (χ1) is 9.55. The molecule has 1 unspecified atom stereocenters. The zero-order chi connectivity index (χ0) is 15.0. The van der Waals surface area contributed by atoms with Crippen LogP contribution in [0.5, 0.6) is 0 Å². The monoisotopic (exact) mass is 279 g/mol. The second-order valence-electron chi connectivity index (χ2n) is 4.33. The average molecular weight is 279 g/mol. The van der Waals surface area contributed by atoms with Gasteiger partial charge < -0.3 is 15.4 Å². The summed E-state index contributed by atoms with van der Waals surface area (Å²) in [6, 6.07) is 6.67. The number of ether oxygens (including phenoxy) is 1. The first kappa shape index (κ1) is 15.8. The summed E-state index contributed by atoms with van der Waals surface area (Å²) in [6.07, 6.45) is 0.373. The van der Waals surface area contributed by atoms with Crippen molar-refractivity contribution in [2.24, 2.45) is 0 Å². The standard InChI is InChI=1S/C14H21N3O3/c1-4-10(3)15-13(18)16-11-6-8-12(9-7-11)17-14(19)20-5-2/h6-10H,4-5H2,1-3H3,(H,17,19)(H2,15,16,18). The van der Waals surface area contributed by atoms with Gasteiger partial charge in [0.15, 0.2) is 0 Å². The molecule has 0 aliphatic rings. The number of carbonyl (C=O) groups is 2. The Bertz CT molecular complexity index is 445. The van der Waals surface area contributed by atoms with Gasteiger partial charge in [-0.25, -0.2) is 9.59 Å². The number of hydrogen-bond acceptors (Lipinski definition) is 3. The van der Waals surface area contributed by atoms with Crippen LogP contribution in [0.2, 0.25) is 0 Å². The number of amides is 3. The molecule has 0 bridgehead atoms. The van der Waals surface area contributed by atoms with E-state index in [4.69, 9.17) is 4.74 Å². The van der Waals surface area contributed by atoms with Gasteiger partial charge in [-0.1, -0.05) is 6.92 Å². The number of hydrogen-bond donors (Lipinski definition) is 3. The van der Waals surface area contributed by atoms with Crippen LogP contribution in [0.15, 0.2) is 24.3 Å². The number of carbonyl (C=O) groups excluding carboxylic acids is 2. The predicted octanol–water partition coefficient (Wildman–Crippen LogP) is 3.18. The second kappa shape index (κ2) is 8.04. The van der Waals surface area contributed by atoms with Gasteiger partial charge in [0.2, 0.25) is 0 Å². The van der Waals surface area contributed by atoms with Crippen LogP contribution in [0.4, 0.5) is 21.0 Å². The van der Waals surface area contributed by atoms with E-state index < -0.39 is 6.09 Å². The van der Waals surface area contributed by atoms with Crippen LogP contribution in [0, 0.1) is 0 Å². The maximum atomic E-state index is 11.6. The molecule has 1 aromatic rings. The van der Waals surface area contributed by atoms with Gasteiger partial charge >= 0.3 is 12.1 Å². The van der Waals surface area contributed by atoms with Crippen LogP contribution >= 0.6 is 0 Å². The van der Waals surface area contributed by atoms with Crippen molar-refractivity contribution >= 4 is 23.5 Å². The molecule has 1 rings (SSSR count). The van der Waals surface area contributed by atoms with E-state index in [9.17, 15) is 9.59 Å². The van der Waals surface area contributed by atoms with E-state index in [1.165, 1.54) is 0 Å². The Kier molecular flexibility index (Phi) is 6.36. The van der Waals surface area contributed by atoms with Crippen LogP contribution < -0.4 is 16.0 Å². The average Bonchev–Trinajstić information content (AvgIpc) is 2.41. The Labute approximate surface area is 118 Å². The molecular weight excluding hydrogens is 258 g/mol. The summed E-state index contributed by atoms with van der Waals surface area (Å²) in [4.78, 5) is 22.8. The summed E-state index contributed by atoms with van der Waals surface area (Å²) >= 11 is 0. The summed E-state index contributed by atoms with van der Waals surface area (Å²) < 4.78 is 4.77. The van der Waals surface area contributed by atoms with Gasteiger partial charge in [0, 0.05) is 17.4 Å². The van der Waals surface area contributed by atoms with Gasteiger partial charge in [-0.05, 0) is 44.5 Å². The van der Waals surface area contributed by atoms with E-state index in [0.29, 0.717) is 18.0 Å². The molecule has 6 nitrogen and oxygen atoms in total. The normalized spacial score (nSPS) is 11.3. The minimum atomic E-state index is -0.497. The van der Waals surface area contributed by atoms with E-state index in [-0.39, 0.29) is 12.1 Å². The molecule has 0 spiro atoms. The van der Waals surface area contributed by atoms with E-state index in [2.05, 4.69) is 16.0 Å². The predicted molar refractivity (Wildman–Crippen MR) is 79.0 cm³/mol. The Morgan fingerprint density at radius 3 is 2.15 bits per heavy atom. The van der Waals surface area contributed by atoms with Crippen molar-refractivity contribution in [1.82, 2.24) is 5.32 Å². The molecule has 0 saturated heterocycles. The molecular formula is C14H21N3O3. The molecule has 1 atom stereocenters. The highest BCUT2D eigenvalue weighted by Crippen LogP contribution is 2.13. The first-order valence-electron chi connectivity index (χ1n) is 6.66. The SMILES string of the molecule is CCOC(=O)Nc1ccc(NC(=O)NC(C)CC)cc1. The van der Waals surface area contributed by atoms with Crippen molar-refractivity contribution in [3.8, 4) is 0 Å². The number of anilines is 2. The molecule has 0 aliphatic heterocycles. The molecule has 0 heterocycles. The summed E-state index contributed by atoms with van der Waals surface area (Å²) in [5.41, 5.74) is 1.26. The van der Waals surface area contributed by atoms with Gasteiger partial charge in [0.05, 0.1) is 6.61 Å². The molecule has 3 amide bonds. The molecule has 6 heteroatoms. The lowest BCUT2D eigenvalue weighted by atomic mass is 10.2. The molecule has 0 radical (unpaired) electrons. The number of nitrogens with one attached hydrogen (secondary N) is 3. The lowest BCUT2D eigenvalue weighted by Gasteiger charge is -2.12. The summed E-state index contributed by atoms with van der Waals surface area (Å²) in [5, 5.41) is 8.10. The lowest BCUT2D eigenvalue weighted by Crippen LogP contribution is -2.35. The van der Waals surface area contributed by atoms with E-state index in [0.717, 1.165) is 6.42 Å². The van der Waals surface area contributed by atoms with Crippen molar-refractivity contribution in [3.05, 3.63) is 24.3 Å². The Hall–Kier alpha value is -2.24. The van der Waals surface area contributed by atoms with E-state index in [1.807, 2.05) is 13.8 Å². The van der Waals surface area contributed by atoms with Crippen molar-refractivity contribution in [1.29, 1.82) is 0 Å². The van der Waals surface area contributed by atoms with Crippen molar-refractivity contribution in [2.45, 2.75) is 33.2 Å². The molecule has 20 heavy (non-hydrogen) atoms. The Morgan fingerprint density at radius 1 is 1.10 bits per heavy atom. The summed E-state index contributed by atoms with van der Waals surface area (Å²) in [6.45, 7) is 6.00. The highest BCUT2D eigenvalue weighted by molar-refractivity contribution is 5.90. The van der Waals surface area contributed by atoms with Crippen LogP contribution in [0.25, 0.3) is 0 Å². The van der Waals surface area contributed by atoms with E-state index >= 15 is 0 Å². The van der Waals surface area contributed by atoms with Crippen LogP contribution in [-0.4, -0.2) is 24.8 Å². The molecule has 0 saturated carbocycles. The first-order valence-corrected chi connectivity index (χ1v) is 6.66. The van der Waals surface area contributed by atoms with Gasteiger partial charge in [0.1, 0.15) is 0 Å². The van der Waals surface area contributed by atoms with Crippen LogP contribution in [0.1, 0.15) is 27.2 Å². The van der Waals surface area contributed by atoms with Gasteiger partial charge in [-0.3, -0.25) is 5.32 Å². The summed E-state index contributed by atoms with van der Waals surface area (Å²) in [7, 11) is 0. The molecule has 1 aromatic carbocycles. The van der Waals surface area contributed by atoms with Gasteiger partial charge in [-0.2, -0.15) is 0 Å². The topological polar surface area (TPSA) is 79.5 Å².